The maximum atomic E-state index is 11.7. The van der Waals surface area contributed by atoms with E-state index in [4.69, 9.17) is 0 Å². The molecule has 3 saturated carbocycles. The maximum absolute atomic E-state index is 11.7. The molecule has 2 heteroatoms. The van der Waals surface area contributed by atoms with Crippen molar-refractivity contribution in [2.75, 3.05) is 6.61 Å². The smallest absolute Gasteiger partial charge is 0.125 e. The van der Waals surface area contributed by atoms with E-state index in [0.717, 1.165) is 18.8 Å². The van der Waals surface area contributed by atoms with Crippen molar-refractivity contribution in [2.45, 2.75) is 85.5 Å². The van der Waals surface area contributed by atoms with Gasteiger partial charge in [-0.2, -0.15) is 0 Å². The second-order valence-electron chi connectivity index (χ2n) is 10.0. The summed E-state index contributed by atoms with van der Waals surface area (Å²) < 4.78 is 0. The lowest BCUT2D eigenvalue weighted by Crippen LogP contribution is -2.59. The molecule has 3 fully saturated rings. The van der Waals surface area contributed by atoms with E-state index in [1.54, 1.807) is 0 Å². The first kappa shape index (κ1) is 17.5. The van der Waals surface area contributed by atoms with Crippen LogP contribution in [0.5, 0.6) is 0 Å². The number of fused-ring (bicyclic) bond motifs is 3. The van der Waals surface area contributed by atoms with Crippen molar-refractivity contribution in [2.24, 2.45) is 33.5 Å². The van der Waals surface area contributed by atoms with Crippen LogP contribution < -0.4 is 0 Å². The molecule has 3 aliphatic rings. The van der Waals surface area contributed by atoms with E-state index >= 15 is 0 Å². The van der Waals surface area contributed by atoms with Crippen LogP contribution in [-0.4, -0.2) is 18.0 Å². The van der Waals surface area contributed by atoms with E-state index in [2.05, 4.69) is 27.7 Å². The highest BCUT2D eigenvalue weighted by Crippen LogP contribution is 2.69. The summed E-state index contributed by atoms with van der Waals surface area (Å²) in [6, 6.07) is 0. The monoisotopic (exact) mass is 320 g/mol. The number of aliphatic hydroxyl groups excluding tert-OH is 1. The van der Waals surface area contributed by atoms with Gasteiger partial charge in [-0.15, -0.1) is 0 Å². The zero-order chi connectivity index (χ0) is 16.9. The average molecular weight is 321 g/mol. The normalized spacial score (nSPS) is 53.3. The highest BCUT2D eigenvalue weighted by molar-refractivity contribution is 5.59. The van der Waals surface area contributed by atoms with Crippen molar-refractivity contribution in [3.05, 3.63) is 0 Å². The Morgan fingerprint density at radius 1 is 1.04 bits per heavy atom. The van der Waals surface area contributed by atoms with Crippen LogP contribution in [0.1, 0.15) is 85.5 Å². The Hall–Kier alpha value is -0.370. The Balaban J connectivity index is 1.98. The van der Waals surface area contributed by atoms with Gasteiger partial charge in [0.05, 0.1) is 0 Å². The first-order valence-corrected chi connectivity index (χ1v) is 9.85. The minimum Gasteiger partial charge on any atom is -0.396 e. The van der Waals surface area contributed by atoms with Gasteiger partial charge < -0.3 is 9.90 Å². The Morgan fingerprint density at radius 3 is 2.35 bits per heavy atom. The molecule has 0 aliphatic heterocycles. The van der Waals surface area contributed by atoms with Gasteiger partial charge in [0.1, 0.15) is 6.29 Å². The molecule has 0 bridgehead atoms. The zero-order valence-electron chi connectivity index (χ0n) is 15.7. The number of hydrogen-bond donors (Lipinski definition) is 1. The molecular formula is C21H36O2. The van der Waals surface area contributed by atoms with Gasteiger partial charge in [0.25, 0.3) is 0 Å². The van der Waals surface area contributed by atoms with Crippen LogP contribution in [0.4, 0.5) is 0 Å². The number of hydrogen-bond acceptors (Lipinski definition) is 2. The van der Waals surface area contributed by atoms with Crippen molar-refractivity contribution in [1.29, 1.82) is 0 Å². The number of rotatable bonds is 3. The number of carbonyl (C=O) groups is 1. The molecule has 0 saturated heterocycles. The summed E-state index contributed by atoms with van der Waals surface area (Å²) in [7, 11) is 0. The molecule has 0 heterocycles. The molecule has 3 rings (SSSR count). The molecule has 0 aromatic rings. The third kappa shape index (κ3) is 2.42. The lowest BCUT2D eigenvalue weighted by atomic mass is 9.38. The minimum absolute atomic E-state index is 0.106. The van der Waals surface area contributed by atoms with Crippen LogP contribution in [0, 0.1) is 33.5 Å². The molecule has 2 nitrogen and oxygen atoms in total. The fourth-order valence-corrected chi connectivity index (χ4v) is 7.47. The number of aliphatic hydroxyl groups is 1. The third-order valence-electron chi connectivity index (χ3n) is 8.68. The molecular weight excluding hydrogens is 284 g/mol. The van der Waals surface area contributed by atoms with Gasteiger partial charge in [-0.25, -0.2) is 0 Å². The molecule has 0 spiro atoms. The second-order valence-corrected chi connectivity index (χ2v) is 10.0. The van der Waals surface area contributed by atoms with E-state index < -0.39 is 0 Å². The molecule has 2 unspecified atom stereocenters. The van der Waals surface area contributed by atoms with Crippen LogP contribution in [0.2, 0.25) is 0 Å². The summed E-state index contributed by atoms with van der Waals surface area (Å²) in [6.07, 6.45) is 12.1. The summed E-state index contributed by atoms with van der Waals surface area (Å²) >= 11 is 0. The quantitative estimate of drug-likeness (QED) is 0.744. The average Bonchev–Trinajstić information content (AvgIpc) is 2.54. The van der Waals surface area contributed by atoms with Crippen molar-refractivity contribution < 1.29 is 9.90 Å². The van der Waals surface area contributed by atoms with E-state index in [0.29, 0.717) is 23.4 Å². The highest BCUT2D eigenvalue weighted by atomic mass is 16.3. The third-order valence-corrected chi connectivity index (χ3v) is 8.68. The van der Waals surface area contributed by atoms with Crippen molar-refractivity contribution in [1.82, 2.24) is 0 Å². The van der Waals surface area contributed by atoms with Gasteiger partial charge in [0.2, 0.25) is 0 Å². The SMILES string of the molecule is CC[C@]12CCC3[C@](C)(CO)CCC[C@@]3(C)C1CC[C@](C)(C=O)C2. The first-order chi connectivity index (χ1) is 10.8. The predicted octanol–water partition coefficient (Wildman–Crippen LogP) is 4.99. The van der Waals surface area contributed by atoms with Crippen LogP contribution in [0.25, 0.3) is 0 Å². The van der Waals surface area contributed by atoms with Gasteiger partial charge in [-0.1, -0.05) is 40.5 Å². The molecule has 0 amide bonds. The Morgan fingerprint density at radius 2 is 1.74 bits per heavy atom. The summed E-state index contributed by atoms with van der Waals surface area (Å²) in [6.45, 7) is 9.72. The van der Waals surface area contributed by atoms with Crippen LogP contribution in [0.3, 0.4) is 0 Å². The fourth-order valence-electron chi connectivity index (χ4n) is 7.47. The number of aldehydes is 1. The van der Waals surface area contributed by atoms with Crippen LogP contribution in [-0.2, 0) is 4.79 Å². The topological polar surface area (TPSA) is 37.3 Å². The summed E-state index contributed by atoms with van der Waals surface area (Å²) in [4.78, 5) is 11.7. The minimum atomic E-state index is -0.106. The molecule has 0 radical (unpaired) electrons. The Bertz CT molecular complexity index is 474. The molecule has 1 N–H and O–H groups in total. The second kappa shape index (κ2) is 5.58. The van der Waals surface area contributed by atoms with Gasteiger partial charge in [0, 0.05) is 12.0 Å². The van der Waals surface area contributed by atoms with Crippen LogP contribution >= 0.6 is 0 Å². The van der Waals surface area contributed by atoms with Crippen molar-refractivity contribution in [3.63, 3.8) is 0 Å². The molecule has 23 heavy (non-hydrogen) atoms. The van der Waals surface area contributed by atoms with Crippen LogP contribution in [0.15, 0.2) is 0 Å². The summed E-state index contributed by atoms with van der Waals surface area (Å²) in [5.74, 6) is 1.39. The molecule has 6 atom stereocenters. The summed E-state index contributed by atoms with van der Waals surface area (Å²) in [5.41, 5.74) is 0.712. The Kier molecular flexibility index (Phi) is 4.23. The Labute approximate surface area is 142 Å². The fraction of sp³-hybridized carbons (Fsp3) is 0.952. The maximum Gasteiger partial charge on any atom is 0.125 e. The molecule has 3 aliphatic carbocycles. The van der Waals surface area contributed by atoms with E-state index in [1.807, 2.05) is 0 Å². The van der Waals surface area contributed by atoms with E-state index in [1.165, 1.54) is 51.2 Å². The lowest BCUT2D eigenvalue weighted by molar-refractivity contribution is -0.180. The van der Waals surface area contributed by atoms with Crippen molar-refractivity contribution >= 4 is 6.29 Å². The van der Waals surface area contributed by atoms with Gasteiger partial charge >= 0.3 is 0 Å². The zero-order valence-corrected chi connectivity index (χ0v) is 15.7. The lowest BCUT2D eigenvalue weighted by Gasteiger charge is -2.66. The molecule has 132 valence electrons. The van der Waals surface area contributed by atoms with Gasteiger partial charge in [0.15, 0.2) is 0 Å². The molecule has 0 aromatic carbocycles. The van der Waals surface area contributed by atoms with Gasteiger partial charge in [-0.05, 0) is 73.0 Å². The predicted molar refractivity (Wildman–Crippen MR) is 94.1 cm³/mol. The largest absolute Gasteiger partial charge is 0.396 e. The van der Waals surface area contributed by atoms with Crippen molar-refractivity contribution in [3.8, 4) is 0 Å². The van der Waals surface area contributed by atoms with E-state index in [9.17, 15) is 9.90 Å². The highest BCUT2D eigenvalue weighted by Gasteiger charge is 2.62. The van der Waals surface area contributed by atoms with E-state index in [-0.39, 0.29) is 10.8 Å². The molecule has 0 aromatic heterocycles. The number of carbonyl (C=O) groups excluding carboxylic acids is 1. The first-order valence-electron chi connectivity index (χ1n) is 9.85. The summed E-state index contributed by atoms with van der Waals surface area (Å²) in [5, 5.41) is 10.1. The standard InChI is InChI=1S/C21H36O2/c1-5-21-12-8-16-19(3,15-23)9-6-10-20(16,4)17(21)7-11-18(2,13-21)14-22/h14,16-17,23H,5-13,15H2,1-4H3/t16?,17?,18-,19-,20+,21+/m0/s1. The van der Waals surface area contributed by atoms with Gasteiger partial charge in [-0.3, -0.25) is 0 Å².